The van der Waals surface area contributed by atoms with Gasteiger partial charge in [0.1, 0.15) is 5.82 Å². The Labute approximate surface area is 151 Å². The number of aromatic amines is 1. The van der Waals surface area contributed by atoms with Gasteiger partial charge in [-0.3, -0.25) is 20.0 Å². The third-order valence-electron chi connectivity index (χ3n) is 5.36. The topological polar surface area (TPSA) is 103 Å². The first kappa shape index (κ1) is 16.7. The number of likely N-dealkylation sites (tertiary alicyclic amines) is 1. The highest BCUT2D eigenvalue weighted by atomic mass is 16.2. The number of nitrogens with zero attached hydrogens (tertiary/aromatic N) is 3. The van der Waals surface area contributed by atoms with Crippen LogP contribution in [0.25, 0.3) is 0 Å². The molecule has 2 aromatic heterocycles. The number of urea groups is 1. The Bertz CT molecular complexity index is 812. The van der Waals surface area contributed by atoms with E-state index in [2.05, 4.69) is 30.5 Å². The van der Waals surface area contributed by atoms with Crippen LogP contribution in [0.1, 0.15) is 29.9 Å². The van der Waals surface area contributed by atoms with Crippen LogP contribution in [0.4, 0.5) is 4.79 Å². The Morgan fingerprint density at radius 3 is 2.65 bits per heavy atom. The van der Waals surface area contributed by atoms with E-state index in [0.717, 1.165) is 49.6 Å². The Kier molecular flexibility index (Phi) is 4.20. The third-order valence-corrected chi connectivity index (χ3v) is 5.36. The smallest absolute Gasteiger partial charge is 0.322 e. The van der Waals surface area contributed by atoms with E-state index in [9.17, 15) is 9.59 Å². The predicted octanol–water partition coefficient (Wildman–Crippen LogP) is 1.06. The molecule has 4 heterocycles. The minimum atomic E-state index is -1.03. The number of imidazole rings is 1. The summed E-state index contributed by atoms with van der Waals surface area (Å²) in [6.07, 6.45) is 6.83. The molecule has 8 heteroatoms. The van der Waals surface area contributed by atoms with Crippen molar-refractivity contribution >= 4 is 11.9 Å². The summed E-state index contributed by atoms with van der Waals surface area (Å²) in [5, 5.41) is 5.31. The number of H-pyrrole nitrogens is 1. The predicted molar refractivity (Wildman–Crippen MR) is 93.9 cm³/mol. The molecule has 2 saturated heterocycles. The van der Waals surface area contributed by atoms with Crippen LogP contribution in [0.5, 0.6) is 0 Å². The first-order valence-corrected chi connectivity index (χ1v) is 8.85. The van der Waals surface area contributed by atoms with E-state index in [0.29, 0.717) is 0 Å². The van der Waals surface area contributed by atoms with Crippen LogP contribution in [0.2, 0.25) is 0 Å². The number of amides is 3. The lowest BCUT2D eigenvalue weighted by Crippen LogP contribution is -2.53. The number of carbonyl (C=O) groups excluding carboxylic acids is 2. The minimum Gasteiger partial charge on any atom is -0.345 e. The minimum absolute atomic E-state index is 0.0258. The van der Waals surface area contributed by atoms with Crippen molar-refractivity contribution in [2.75, 3.05) is 13.1 Å². The van der Waals surface area contributed by atoms with Gasteiger partial charge in [0.2, 0.25) is 0 Å². The number of aryl methyl sites for hydroxylation is 1. The monoisotopic (exact) mass is 354 g/mol. The number of pyridine rings is 1. The van der Waals surface area contributed by atoms with Crippen LogP contribution < -0.4 is 10.6 Å². The zero-order valence-corrected chi connectivity index (χ0v) is 14.7. The molecule has 26 heavy (non-hydrogen) atoms. The normalized spacial score (nSPS) is 24.5. The summed E-state index contributed by atoms with van der Waals surface area (Å²) < 4.78 is 0. The van der Waals surface area contributed by atoms with Crippen molar-refractivity contribution in [2.45, 2.75) is 31.8 Å². The zero-order valence-electron chi connectivity index (χ0n) is 14.7. The van der Waals surface area contributed by atoms with Crippen molar-refractivity contribution in [3.05, 3.63) is 47.8 Å². The van der Waals surface area contributed by atoms with Crippen molar-refractivity contribution in [1.82, 2.24) is 30.5 Å². The van der Waals surface area contributed by atoms with Gasteiger partial charge in [-0.1, -0.05) is 6.07 Å². The maximum absolute atomic E-state index is 12.7. The summed E-state index contributed by atoms with van der Waals surface area (Å²) in [6.45, 7) is 4.46. The van der Waals surface area contributed by atoms with E-state index in [1.165, 1.54) is 0 Å². The van der Waals surface area contributed by atoms with Crippen molar-refractivity contribution in [3.8, 4) is 0 Å². The van der Waals surface area contributed by atoms with Gasteiger partial charge in [-0.25, -0.2) is 9.78 Å². The molecule has 0 bridgehead atoms. The quantitative estimate of drug-likeness (QED) is 0.713. The summed E-state index contributed by atoms with van der Waals surface area (Å²) in [4.78, 5) is 38.6. The molecule has 2 aliphatic heterocycles. The first-order chi connectivity index (χ1) is 12.6. The van der Waals surface area contributed by atoms with E-state index in [1.807, 2.05) is 19.2 Å². The summed E-state index contributed by atoms with van der Waals surface area (Å²) in [5.74, 6) is 0.659. The molecule has 2 aliphatic rings. The summed E-state index contributed by atoms with van der Waals surface area (Å²) in [7, 11) is 0. The van der Waals surface area contributed by atoms with Crippen LogP contribution in [0.15, 0.2) is 30.7 Å². The average Bonchev–Trinajstić information content (AvgIpc) is 3.19. The number of hydrogen-bond donors (Lipinski definition) is 3. The second kappa shape index (κ2) is 6.53. The Morgan fingerprint density at radius 1 is 1.27 bits per heavy atom. The fourth-order valence-electron chi connectivity index (χ4n) is 4.11. The van der Waals surface area contributed by atoms with Crippen LogP contribution >= 0.6 is 0 Å². The molecular weight excluding hydrogens is 332 g/mol. The molecule has 0 spiro atoms. The van der Waals surface area contributed by atoms with E-state index >= 15 is 0 Å². The van der Waals surface area contributed by atoms with Crippen LogP contribution in [0, 0.1) is 12.8 Å². The number of rotatable bonds is 4. The molecule has 4 rings (SSSR count). The van der Waals surface area contributed by atoms with Crippen molar-refractivity contribution in [2.24, 2.45) is 5.92 Å². The molecular formula is C18H22N6O2. The summed E-state index contributed by atoms with van der Waals surface area (Å²) >= 11 is 0. The number of nitrogens with one attached hydrogen (secondary N) is 3. The van der Waals surface area contributed by atoms with Crippen LogP contribution in [0.3, 0.4) is 0 Å². The zero-order chi connectivity index (χ0) is 18.1. The first-order valence-electron chi connectivity index (χ1n) is 8.85. The lowest BCUT2D eigenvalue weighted by molar-refractivity contribution is -0.127. The molecule has 3 amide bonds. The van der Waals surface area contributed by atoms with Crippen molar-refractivity contribution < 1.29 is 9.59 Å². The number of hydrogen-bond acceptors (Lipinski definition) is 5. The second-order valence-corrected chi connectivity index (χ2v) is 7.00. The number of piperidine rings is 1. The molecule has 2 aromatic rings. The molecule has 1 atom stereocenters. The second-order valence-electron chi connectivity index (χ2n) is 7.00. The number of aromatic nitrogens is 3. The van der Waals surface area contributed by atoms with E-state index in [-0.39, 0.29) is 11.8 Å². The van der Waals surface area contributed by atoms with Crippen molar-refractivity contribution in [1.29, 1.82) is 0 Å². The van der Waals surface area contributed by atoms with Gasteiger partial charge in [0.25, 0.3) is 5.91 Å². The molecule has 0 radical (unpaired) electrons. The van der Waals surface area contributed by atoms with Crippen LogP contribution in [-0.2, 0) is 16.9 Å². The molecule has 2 fully saturated rings. The molecule has 8 nitrogen and oxygen atoms in total. The highest BCUT2D eigenvalue weighted by Crippen LogP contribution is 2.38. The molecule has 1 unspecified atom stereocenters. The SMILES string of the molecule is Cc1ncc(CN2CCC(C3(c4cccnc4)NC(=O)NC3=O)CC2)[nH]1. The molecule has 0 aliphatic carbocycles. The van der Waals surface area contributed by atoms with Gasteiger partial charge in [0.05, 0.1) is 0 Å². The van der Waals surface area contributed by atoms with Crippen LogP contribution in [-0.4, -0.2) is 44.9 Å². The Balaban J connectivity index is 1.52. The average molecular weight is 354 g/mol. The third kappa shape index (κ3) is 2.86. The van der Waals surface area contributed by atoms with E-state index in [4.69, 9.17) is 0 Å². The Hall–Kier alpha value is -2.74. The lowest BCUT2D eigenvalue weighted by atomic mass is 9.73. The fraction of sp³-hybridized carbons (Fsp3) is 0.444. The molecule has 0 aromatic carbocycles. The van der Waals surface area contributed by atoms with Gasteiger partial charge in [0, 0.05) is 36.4 Å². The highest BCUT2D eigenvalue weighted by Gasteiger charge is 2.53. The summed E-state index contributed by atoms with van der Waals surface area (Å²) in [6, 6.07) is 3.22. The standard InChI is InChI=1S/C18H22N6O2/c1-12-20-10-15(21-12)11-24-7-4-13(5-8-24)18(14-3-2-6-19-9-14)16(25)22-17(26)23-18/h2-3,6,9-10,13H,4-5,7-8,11H2,1H3,(H,20,21)(H2,22,23,25,26). The summed E-state index contributed by atoms with van der Waals surface area (Å²) in [5.41, 5.74) is 0.808. The maximum Gasteiger partial charge on any atom is 0.322 e. The number of imide groups is 1. The Morgan fingerprint density at radius 2 is 2.08 bits per heavy atom. The van der Waals surface area contributed by atoms with Gasteiger partial charge in [-0.2, -0.15) is 0 Å². The van der Waals surface area contributed by atoms with E-state index < -0.39 is 11.6 Å². The van der Waals surface area contributed by atoms with Gasteiger partial charge in [-0.15, -0.1) is 0 Å². The fourth-order valence-corrected chi connectivity index (χ4v) is 4.11. The lowest BCUT2D eigenvalue weighted by Gasteiger charge is -2.40. The van der Waals surface area contributed by atoms with Gasteiger partial charge in [-0.05, 0) is 44.8 Å². The highest BCUT2D eigenvalue weighted by molar-refractivity contribution is 6.07. The maximum atomic E-state index is 12.7. The molecule has 3 N–H and O–H groups in total. The number of carbonyl (C=O) groups is 2. The molecule has 0 saturated carbocycles. The van der Waals surface area contributed by atoms with Crippen molar-refractivity contribution in [3.63, 3.8) is 0 Å². The largest absolute Gasteiger partial charge is 0.345 e. The van der Waals surface area contributed by atoms with Gasteiger partial charge >= 0.3 is 6.03 Å². The molecule has 136 valence electrons. The van der Waals surface area contributed by atoms with Gasteiger partial charge in [0.15, 0.2) is 5.54 Å². The van der Waals surface area contributed by atoms with E-state index in [1.54, 1.807) is 18.5 Å². The van der Waals surface area contributed by atoms with Gasteiger partial charge < -0.3 is 10.3 Å².